The molecule has 2 aromatic rings. The molecule has 0 aliphatic rings. The number of ether oxygens (including phenoxy) is 7. The van der Waals surface area contributed by atoms with Crippen molar-refractivity contribution < 1.29 is 42.7 Å². The zero-order valence-corrected chi connectivity index (χ0v) is 21.8. The second-order valence-electron chi connectivity index (χ2n) is 7.93. The predicted octanol–water partition coefficient (Wildman–Crippen LogP) is 4.27. The number of hydrogen-bond donors (Lipinski definition) is 0. The molecule has 0 fully saturated rings. The molecule has 2 aromatic carbocycles. The van der Waals surface area contributed by atoms with Crippen molar-refractivity contribution in [2.24, 2.45) is 0 Å². The van der Waals surface area contributed by atoms with Crippen LogP contribution in [-0.2, 0) is 28.5 Å². The molecule has 0 spiro atoms. The van der Waals surface area contributed by atoms with E-state index in [1.54, 1.807) is 19.9 Å². The van der Waals surface area contributed by atoms with Gasteiger partial charge in [0.2, 0.25) is 0 Å². The van der Waals surface area contributed by atoms with Crippen LogP contribution in [0.4, 0.5) is 0 Å². The summed E-state index contributed by atoms with van der Waals surface area (Å²) in [7, 11) is 0. The van der Waals surface area contributed by atoms with Crippen LogP contribution in [0.2, 0.25) is 0 Å². The standard InChI is InChI=1S/C28H36O9/c1-6-33-25-19-24(34-15-11-31-13-17-36-27(29)20(2)3)22-9-7-8-10-23(22)26(25)35-16-12-32-14-18-37-28(30)21(4)5/h7-10,19H,2,4,6,11-18H2,1,3,5H3. The summed E-state index contributed by atoms with van der Waals surface area (Å²) in [6.07, 6.45) is 0. The number of benzene rings is 2. The van der Waals surface area contributed by atoms with E-state index >= 15 is 0 Å². The van der Waals surface area contributed by atoms with Gasteiger partial charge in [0.05, 0.1) is 33.0 Å². The predicted molar refractivity (Wildman–Crippen MR) is 139 cm³/mol. The Balaban J connectivity index is 1.91. The second kappa shape index (κ2) is 16.2. The Hall–Kier alpha value is -3.56. The van der Waals surface area contributed by atoms with Crippen molar-refractivity contribution in [3.8, 4) is 17.2 Å². The van der Waals surface area contributed by atoms with Crippen molar-refractivity contribution in [2.75, 3.05) is 59.5 Å². The molecule has 0 N–H and O–H groups in total. The lowest BCUT2D eigenvalue weighted by Gasteiger charge is -2.18. The van der Waals surface area contributed by atoms with E-state index in [1.165, 1.54) is 0 Å². The Kier molecular flexibility index (Phi) is 13.0. The Morgan fingerprint density at radius 3 is 1.73 bits per heavy atom. The van der Waals surface area contributed by atoms with Crippen LogP contribution < -0.4 is 14.2 Å². The summed E-state index contributed by atoms with van der Waals surface area (Å²) in [6, 6.07) is 9.51. The zero-order chi connectivity index (χ0) is 27.0. The number of rotatable bonds is 18. The zero-order valence-electron chi connectivity index (χ0n) is 21.8. The molecule has 9 nitrogen and oxygen atoms in total. The summed E-state index contributed by atoms with van der Waals surface area (Å²) in [4.78, 5) is 22.8. The van der Waals surface area contributed by atoms with Crippen molar-refractivity contribution in [1.29, 1.82) is 0 Å². The molecule has 0 unspecified atom stereocenters. The first-order valence-corrected chi connectivity index (χ1v) is 12.1. The van der Waals surface area contributed by atoms with Gasteiger partial charge >= 0.3 is 11.9 Å². The quantitative estimate of drug-likeness (QED) is 0.163. The van der Waals surface area contributed by atoms with Crippen LogP contribution >= 0.6 is 0 Å². The molecule has 0 atom stereocenters. The van der Waals surface area contributed by atoms with Gasteiger partial charge in [-0.25, -0.2) is 9.59 Å². The molecule has 9 heteroatoms. The average molecular weight is 517 g/mol. The van der Waals surface area contributed by atoms with Gasteiger partial charge in [0.25, 0.3) is 0 Å². The topological polar surface area (TPSA) is 98.8 Å². The molecule has 0 radical (unpaired) electrons. The molecule has 0 aliphatic carbocycles. The molecule has 0 heterocycles. The summed E-state index contributed by atoms with van der Waals surface area (Å²) >= 11 is 0. The fraction of sp³-hybridized carbons (Fsp3) is 0.429. The lowest BCUT2D eigenvalue weighted by Crippen LogP contribution is -2.14. The molecule has 202 valence electrons. The largest absolute Gasteiger partial charge is 0.490 e. The summed E-state index contributed by atoms with van der Waals surface area (Å²) in [5.41, 5.74) is 0.696. The Bertz CT molecular complexity index is 1060. The van der Waals surface area contributed by atoms with Crippen LogP contribution in [0, 0.1) is 0 Å². The van der Waals surface area contributed by atoms with Crippen molar-refractivity contribution in [3.05, 3.63) is 54.6 Å². The molecular weight excluding hydrogens is 480 g/mol. The van der Waals surface area contributed by atoms with E-state index in [4.69, 9.17) is 33.2 Å². The fourth-order valence-electron chi connectivity index (χ4n) is 3.07. The third-order valence-electron chi connectivity index (χ3n) is 4.80. The van der Waals surface area contributed by atoms with Crippen molar-refractivity contribution in [1.82, 2.24) is 0 Å². The monoisotopic (exact) mass is 516 g/mol. The summed E-state index contributed by atoms with van der Waals surface area (Å²) < 4.78 is 38.8. The molecule has 2 rings (SSSR count). The van der Waals surface area contributed by atoms with E-state index < -0.39 is 11.9 Å². The summed E-state index contributed by atoms with van der Waals surface area (Å²) in [5.74, 6) is 0.912. The highest BCUT2D eigenvalue weighted by Gasteiger charge is 2.16. The smallest absolute Gasteiger partial charge is 0.333 e. The van der Waals surface area contributed by atoms with Crippen LogP contribution in [0.5, 0.6) is 17.2 Å². The molecule has 0 saturated heterocycles. The lowest BCUT2D eigenvalue weighted by atomic mass is 10.1. The minimum Gasteiger partial charge on any atom is -0.490 e. The molecule has 37 heavy (non-hydrogen) atoms. The van der Waals surface area contributed by atoms with Crippen LogP contribution in [0.1, 0.15) is 20.8 Å². The Labute approximate surface area is 217 Å². The van der Waals surface area contributed by atoms with Gasteiger partial charge in [-0.2, -0.15) is 0 Å². The maximum atomic E-state index is 11.4. The van der Waals surface area contributed by atoms with Crippen LogP contribution in [0.25, 0.3) is 10.8 Å². The summed E-state index contributed by atoms with van der Waals surface area (Å²) in [5, 5.41) is 1.70. The third kappa shape index (κ3) is 10.1. The van der Waals surface area contributed by atoms with Crippen LogP contribution in [-0.4, -0.2) is 71.4 Å². The molecule has 0 aliphatic heterocycles. The van der Waals surface area contributed by atoms with E-state index in [0.717, 1.165) is 10.8 Å². The fourth-order valence-corrected chi connectivity index (χ4v) is 3.07. The van der Waals surface area contributed by atoms with E-state index in [9.17, 15) is 9.59 Å². The first kappa shape index (κ1) is 29.7. The number of esters is 2. The van der Waals surface area contributed by atoms with Crippen molar-refractivity contribution >= 4 is 22.7 Å². The molecule has 0 aromatic heterocycles. The molecular formula is C28H36O9. The van der Waals surface area contributed by atoms with Gasteiger partial charge in [-0.05, 0) is 20.8 Å². The highest BCUT2D eigenvalue weighted by molar-refractivity contribution is 5.95. The number of fused-ring (bicyclic) bond motifs is 1. The second-order valence-corrected chi connectivity index (χ2v) is 7.93. The van der Waals surface area contributed by atoms with Gasteiger partial charge in [-0.1, -0.05) is 37.4 Å². The molecule has 0 saturated carbocycles. The first-order valence-electron chi connectivity index (χ1n) is 12.1. The molecule has 0 bridgehead atoms. The Morgan fingerprint density at radius 1 is 0.676 bits per heavy atom. The number of carbonyl (C=O) groups excluding carboxylic acids is 2. The summed E-state index contributed by atoms with van der Waals surface area (Å²) in [6.45, 7) is 14.6. The van der Waals surface area contributed by atoms with Crippen molar-refractivity contribution in [3.63, 3.8) is 0 Å². The van der Waals surface area contributed by atoms with Crippen LogP contribution in [0.15, 0.2) is 54.6 Å². The van der Waals surface area contributed by atoms with Gasteiger partial charge < -0.3 is 33.2 Å². The van der Waals surface area contributed by atoms with Gasteiger partial charge in [-0.15, -0.1) is 0 Å². The van der Waals surface area contributed by atoms with Gasteiger partial charge in [0.15, 0.2) is 11.5 Å². The maximum Gasteiger partial charge on any atom is 0.333 e. The van der Waals surface area contributed by atoms with Gasteiger partial charge in [-0.3, -0.25) is 0 Å². The lowest BCUT2D eigenvalue weighted by molar-refractivity contribution is -0.141. The van der Waals surface area contributed by atoms with E-state index in [2.05, 4.69) is 13.2 Å². The van der Waals surface area contributed by atoms with E-state index in [0.29, 0.717) is 54.8 Å². The minimum atomic E-state index is -0.439. The minimum absolute atomic E-state index is 0.147. The van der Waals surface area contributed by atoms with Crippen molar-refractivity contribution in [2.45, 2.75) is 20.8 Å². The SMILES string of the molecule is C=C(C)C(=O)OCCOCCOc1cc(OCC)c(OCCOCCOC(=O)C(=C)C)c2ccccc12. The number of hydrogen-bond acceptors (Lipinski definition) is 9. The van der Waals surface area contributed by atoms with Gasteiger partial charge in [0.1, 0.15) is 32.2 Å². The maximum absolute atomic E-state index is 11.4. The highest BCUT2D eigenvalue weighted by atomic mass is 16.6. The highest BCUT2D eigenvalue weighted by Crippen LogP contribution is 2.41. The Morgan fingerprint density at radius 2 is 1.19 bits per heavy atom. The molecule has 0 amide bonds. The average Bonchev–Trinajstić information content (AvgIpc) is 2.88. The normalized spacial score (nSPS) is 10.6. The van der Waals surface area contributed by atoms with Crippen LogP contribution in [0.3, 0.4) is 0 Å². The van der Waals surface area contributed by atoms with Gasteiger partial charge in [0, 0.05) is 28.0 Å². The van der Waals surface area contributed by atoms with E-state index in [-0.39, 0.29) is 33.0 Å². The van der Waals surface area contributed by atoms with E-state index in [1.807, 2.05) is 31.2 Å². The third-order valence-corrected chi connectivity index (χ3v) is 4.80. The number of carbonyl (C=O) groups is 2. The first-order chi connectivity index (χ1) is 17.8.